The van der Waals surface area contributed by atoms with E-state index in [4.69, 9.17) is 0 Å². The lowest BCUT2D eigenvalue weighted by Crippen LogP contribution is -2.46. The van der Waals surface area contributed by atoms with Gasteiger partial charge in [-0.25, -0.2) is 0 Å². The summed E-state index contributed by atoms with van der Waals surface area (Å²) >= 11 is 0. The SMILES string of the molecule is CC1Cc2ccccc2N1C(=O)C1CCN(C(=O)C2CC2)CC1. The molecule has 4 heteroatoms. The maximum absolute atomic E-state index is 13.0. The third-order valence-corrected chi connectivity index (χ3v) is 5.53. The number of carbonyl (C=O) groups excluding carboxylic acids is 2. The predicted molar refractivity (Wildman–Crippen MR) is 89.1 cm³/mol. The van der Waals surface area contributed by atoms with Crippen LogP contribution in [0.2, 0.25) is 0 Å². The second kappa shape index (κ2) is 5.66. The summed E-state index contributed by atoms with van der Waals surface area (Å²) in [4.78, 5) is 29.1. The molecule has 122 valence electrons. The van der Waals surface area contributed by atoms with Crippen molar-refractivity contribution >= 4 is 17.5 Å². The fraction of sp³-hybridized carbons (Fsp3) is 0.579. The first kappa shape index (κ1) is 14.7. The van der Waals surface area contributed by atoms with Crippen LogP contribution in [-0.4, -0.2) is 35.8 Å². The second-order valence-electron chi connectivity index (χ2n) is 7.26. The van der Waals surface area contributed by atoms with Gasteiger partial charge < -0.3 is 9.80 Å². The topological polar surface area (TPSA) is 40.6 Å². The van der Waals surface area contributed by atoms with E-state index in [0.29, 0.717) is 5.91 Å². The molecule has 0 aromatic heterocycles. The maximum Gasteiger partial charge on any atom is 0.230 e. The average Bonchev–Trinajstić information content (AvgIpc) is 3.36. The summed E-state index contributed by atoms with van der Waals surface area (Å²) in [5, 5.41) is 0. The van der Waals surface area contributed by atoms with Crippen LogP contribution in [0.4, 0.5) is 5.69 Å². The fourth-order valence-electron chi connectivity index (χ4n) is 4.03. The molecule has 0 radical (unpaired) electrons. The number of para-hydroxylation sites is 1. The molecular formula is C19H24N2O2. The van der Waals surface area contributed by atoms with E-state index in [-0.39, 0.29) is 23.8 Å². The van der Waals surface area contributed by atoms with Gasteiger partial charge in [0, 0.05) is 36.7 Å². The van der Waals surface area contributed by atoms with E-state index in [1.807, 2.05) is 21.9 Å². The molecule has 4 nitrogen and oxygen atoms in total. The standard InChI is InChI=1S/C19H24N2O2/c1-13-12-16-4-2-3-5-17(16)21(13)19(23)15-8-10-20(11-9-15)18(22)14-6-7-14/h2-5,13-15H,6-12H2,1H3. The number of benzene rings is 1. The molecule has 3 aliphatic rings. The van der Waals surface area contributed by atoms with Crippen LogP contribution in [0.25, 0.3) is 0 Å². The molecule has 0 spiro atoms. The van der Waals surface area contributed by atoms with Crippen molar-refractivity contribution in [2.75, 3.05) is 18.0 Å². The van der Waals surface area contributed by atoms with Gasteiger partial charge in [-0.1, -0.05) is 18.2 Å². The molecule has 2 amide bonds. The van der Waals surface area contributed by atoms with Crippen molar-refractivity contribution in [2.24, 2.45) is 11.8 Å². The Hall–Kier alpha value is -1.84. The highest BCUT2D eigenvalue weighted by atomic mass is 16.2. The third kappa shape index (κ3) is 2.64. The summed E-state index contributed by atoms with van der Waals surface area (Å²) in [7, 11) is 0. The van der Waals surface area contributed by atoms with E-state index < -0.39 is 0 Å². The first-order valence-electron chi connectivity index (χ1n) is 8.85. The van der Waals surface area contributed by atoms with Gasteiger partial charge in [-0.2, -0.15) is 0 Å². The highest BCUT2D eigenvalue weighted by Crippen LogP contribution is 2.36. The molecule has 2 aliphatic heterocycles. The lowest BCUT2D eigenvalue weighted by atomic mass is 9.94. The van der Waals surface area contributed by atoms with Gasteiger partial charge in [0.1, 0.15) is 0 Å². The number of likely N-dealkylation sites (tertiary alicyclic amines) is 1. The molecule has 0 N–H and O–H groups in total. The number of hydrogen-bond acceptors (Lipinski definition) is 2. The van der Waals surface area contributed by atoms with Gasteiger partial charge >= 0.3 is 0 Å². The molecule has 0 bridgehead atoms. The highest BCUT2D eigenvalue weighted by Gasteiger charge is 2.39. The minimum atomic E-state index is 0.0619. The molecule has 1 aromatic carbocycles. The van der Waals surface area contributed by atoms with E-state index >= 15 is 0 Å². The Balaban J connectivity index is 1.43. The van der Waals surface area contributed by atoms with Crippen molar-refractivity contribution in [1.29, 1.82) is 0 Å². The molecule has 1 saturated heterocycles. The van der Waals surface area contributed by atoms with Crippen LogP contribution in [0.3, 0.4) is 0 Å². The lowest BCUT2D eigenvalue weighted by Gasteiger charge is -2.34. The van der Waals surface area contributed by atoms with E-state index in [0.717, 1.165) is 50.9 Å². The molecule has 23 heavy (non-hydrogen) atoms. The Morgan fingerprint density at radius 2 is 1.61 bits per heavy atom. The Morgan fingerprint density at radius 3 is 2.30 bits per heavy atom. The molecule has 4 rings (SSSR count). The number of rotatable bonds is 2. The summed E-state index contributed by atoms with van der Waals surface area (Å²) in [5.41, 5.74) is 2.36. The van der Waals surface area contributed by atoms with E-state index in [9.17, 15) is 9.59 Å². The predicted octanol–water partition coefficient (Wildman–Crippen LogP) is 2.61. The summed E-state index contributed by atoms with van der Waals surface area (Å²) in [5.74, 6) is 0.913. The van der Waals surface area contributed by atoms with Gasteiger partial charge in [0.15, 0.2) is 0 Å². The number of anilines is 1. The molecule has 1 aromatic rings. The number of hydrogen-bond donors (Lipinski definition) is 0. The Kier molecular flexibility index (Phi) is 3.63. The van der Waals surface area contributed by atoms with Crippen molar-refractivity contribution in [3.8, 4) is 0 Å². The van der Waals surface area contributed by atoms with Gasteiger partial charge in [0.05, 0.1) is 0 Å². The van der Waals surface area contributed by atoms with E-state index in [1.165, 1.54) is 5.56 Å². The van der Waals surface area contributed by atoms with Gasteiger partial charge in [-0.15, -0.1) is 0 Å². The number of carbonyl (C=O) groups is 2. The molecule has 2 fully saturated rings. The van der Waals surface area contributed by atoms with E-state index in [1.54, 1.807) is 0 Å². The Morgan fingerprint density at radius 1 is 0.957 bits per heavy atom. The first-order valence-corrected chi connectivity index (χ1v) is 8.85. The minimum absolute atomic E-state index is 0.0619. The summed E-state index contributed by atoms with van der Waals surface area (Å²) in [6.07, 6.45) is 4.67. The Bertz CT molecular complexity index is 630. The van der Waals surface area contributed by atoms with Crippen LogP contribution in [0.5, 0.6) is 0 Å². The lowest BCUT2D eigenvalue weighted by molar-refractivity contribution is -0.136. The van der Waals surface area contributed by atoms with Crippen LogP contribution < -0.4 is 4.90 Å². The van der Waals surface area contributed by atoms with E-state index in [2.05, 4.69) is 19.1 Å². The molecule has 1 aliphatic carbocycles. The molecule has 1 atom stereocenters. The van der Waals surface area contributed by atoms with Crippen molar-refractivity contribution in [3.63, 3.8) is 0 Å². The van der Waals surface area contributed by atoms with Crippen LogP contribution in [-0.2, 0) is 16.0 Å². The van der Waals surface area contributed by atoms with Gasteiger partial charge in [0.2, 0.25) is 11.8 Å². The number of nitrogens with zero attached hydrogens (tertiary/aromatic N) is 2. The van der Waals surface area contributed by atoms with Gasteiger partial charge in [0.25, 0.3) is 0 Å². The highest BCUT2D eigenvalue weighted by molar-refractivity contribution is 5.97. The van der Waals surface area contributed by atoms with Crippen molar-refractivity contribution in [3.05, 3.63) is 29.8 Å². The fourth-order valence-corrected chi connectivity index (χ4v) is 4.03. The van der Waals surface area contributed by atoms with Gasteiger partial charge in [-0.3, -0.25) is 9.59 Å². The average molecular weight is 312 g/mol. The van der Waals surface area contributed by atoms with Crippen LogP contribution in [0.1, 0.15) is 38.2 Å². The number of piperidine rings is 1. The summed E-state index contributed by atoms with van der Waals surface area (Å²) < 4.78 is 0. The van der Waals surface area contributed by atoms with Crippen molar-refractivity contribution in [1.82, 2.24) is 4.90 Å². The summed E-state index contributed by atoms with van der Waals surface area (Å²) in [6, 6.07) is 8.47. The van der Waals surface area contributed by atoms with Crippen LogP contribution in [0.15, 0.2) is 24.3 Å². The van der Waals surface area contributed by atoms with Crippen molar-refractivity contribution < 1.29 is 9.59 Å². The Labute approximate surface area is 137 Å². The first-order chi connectivity index (χ1) is 11.1. The zero-order valence-electron chi connectivity index (χ0n) is 13.7. The third-order valence-electron chi connectivity index (χ3n) is 5.53. The molecule has 2 heterocycles. The number of fused-ring (bicyclic) bond motifs is 1. The largest absolute Gasteiger partial charge is 0.342 e. The molecule has 1 unspecified atom stereocenters. The van der Waals surface area contributed by atoms with Crippen molar-refractivity contribution in [2.45, 2.75) is 45.1 Å². The second-order valence-corrected chi connectivity index (χ2v) is 7.26. The van der Waals surface area contributed by atoms with Crippen LogP contribution in [0, 0.1) is 11.8 Å². The van der Waals surface area contributed by atoms with Crippen LogP contribution >= 0.6 is 0 Å². The van der Waals surface area contributed by atoms with Gasteiger partial charge in [-0.05, 0) is 50.7 Å². The summed E-state index contributed by atoms with van der Waals surface area (Å²) in [6.45, 7) is 3.62. The quantitative estimate of drug-likeness (QED) is 0.842. The smallest absolute Gasteiger partial charge is 0.230 e. The zero-order valence-corrected chi connectivity index (χ0v) is 13.7. The normalized spacial score (nSPS) is 24.7. The minimum Gasteiger partial charge on any atom is -0.342 e. The number of amides is 2. The molecule has 1 saturated carbocycles. The monoisotopic (exact) mass is 312 g/mol. The zero-order chi connectivity index (χ0) is 16.0. The molecular weight excluding hydrogens is 288 g/mol. The maximum atomic E-state index is 13.0.